The van der Waals surface area contributed by atoms with Crippen molar-refractivity contribution in [3.63, 3.8) is 0 Å². The number of fused-ring (bicyclic) bond motifs is 2. The summed E-state index contributed by atoms with van der Waals surface area (Å²) in [6.07, 6.45) is 5.56. The quantitative estimate of drug-likeness (QED) is 0.283. The fourth-order valence-corrected chi connectivity index (χ4v) is 5.53. The van der Waals surface area contributed by atoms with Gasteiger partial charge >= 0.3 is 5.69 Å². The van der Waals surface area contributed by atoms with E-state index in [1.54, 1.807) is 33.8 Å². The molecule has 0 bridgehead atoms. The molecule has 11 nitrogen and oxygen atoms in total. The van der Waals surface area contributed by atoms with Crippen molar-refractivity contribution in [2.75, 3.05) is 27.2 Å². The van der Waals surface area contributed by atoms with Gasteiger partial charge in [-0.1, -0.05) is 11.6 Å². The van der Waals surface area contributed by atoms with Crippen molar-refractivity contribution in [3.05, 3.63) is 79.7 Å². The van der Waals surface area contributed by atoms with Crippen LogP contribution in [0.4, 0.5) is 0 Å². The number of rotatable bonds is 9. The van der Waals surface area contributed by atoms with Crippen molar-refractivity contribution in [1.29, 1.82) is 0 Å². The molecule has 5 aromatic rings. The third kappa shape index (κ3) is 5.14. The lowest BCUT2D eigenvalue weighted by atomic mass is 10.1. The molecule has 4 aromatic heterocycles. The Balaban J connectivity index is 1.55. The van der Waals surface area contributed by atoms with E-state index in [0.29, 0.717) is 65.1 Å². The summed E-state index contributed by atoms with van der Waals surface area (Å²) in [7, 11) is 7.23. The predicted molar refractivity (Wildman–Crippen MR) is 163 cm³/mol. The molecule has 12 heteroatoms. The lowest BCUT2D eigenvalue weighted by Crippen LogP contribution is -2.38. The van der Waals surface area contributed by atoms with Gasteiger partial charge in [0.25, 0.3) is 11.5 Å². The van der Waals surface area contributed by atoms with Crippen molar-refractivity contribution in [2.24, 2.45) is 20.0 Å². The third-order valence-corrected chi connectivity index (χ3v) is 8.07. The monoisotopic (exact) mass is 588 g/mol. The molecule has 0 radical (unpaired) electrons. The van der Waals surface area contributed by atoms with Crippen LogP contribution in [0.1, 0.15) is 28.8 Å². The molecule has 0 unspecified atom stereocenters. The van der Waals surface area contributed by atoms with Gasteiger partial charge in [-0.25, -0.2) is 4.79 Å². The van der Waals surface area contributed by atoms with Crippen LogP contribution in [0.3, 0.4) is 0 Å². The number of aromatic nitrogens is 6. The zero-order valence-corrected chi connectivity index (χ0v) is 24.9. The van der Waals surface area contributed by atoms with Crippen molar-refractivity contribution in [1.82, 2.24) is 38.7 Å². The average molecular weight is 589 g/mol. The van der Waals surface area contributed by atoms with Crippen LogP contribution in [0.25, 0.3) is 33.3 Å². The van der Waals surface area contributed by atoms with Gasteiger partial charge in [-0.2, -0.15) is 5.10 Å². The molecule has 1 saturated carbocycles. The van der Waals surface area contributed by atoms with Crippen LogP contribution in [-0.4, -0.2) is 66.5 Å². The summed E-state index contributed by atoms with van der Waals surface area (Å²) in [6, 6.07) is 9.20. The Kier molecular flexibility index (Phi) is 7.24. The SMILES string of the molecule is CN(C)CCNC(=O)c1cc(-c2c3c(=O)n(C)c(=O)n(CC4CC4)c3nn2Cc2ccnc3ccc(Cl)cc23)n(C)c1. The van der Waals surface area contributed by atoms with E-state index < -0.39 is 5.56 Å². The zero-order valence-electron chi connectivity index (χ0n) is 24.1. The number of pyridine rings is 1. The van der Waals surface area contributed by atoms with Gasteiger partial charge in [-0.05, 0) is 68.8 Å². The summed E-state index contributed by atoms with van der Waals surface area (Å²) in [5.74, 6) is 0.179. The minimum absolute atomic E-state index is 0.206. The number of carbonyl (C=O) groups excluding carboxylic acids is 1. The van der Waals surface area contributed by atoms with Crippen molar-refractivity contribution in [2.45, 2.75) is 25.9 Å². The minimum atomic E-state index is -0.427. The molecule has 1 aromatic carbocycles. The maximum Gasteiger partial charge on any atom is 0.332 e. The van der Waals surface area contributed by atoms with Gasteiger partial charge in [0.2, 0.25) is 0 Å². The first kappa shape index (κ1) is 27.9. The lowest BCUT2D eigenvalue weighted by molar-refractivity contribution is 0.0951. The Morgan fingerprint density at radius 1 is 1.14 bits per heavy atom. The van der Waals surface area contributed by atoms with E-state index >= 15 is 0 Å². The standard InChI is InChI=1S/C30H33ClN8O3/c1-35(2)12-11-33-28(40)20-13-24(36(3)16-20)26-25-27(38(15-18-5-6-18)30(42)37(4)29(25)41)34-39(26)17-19-9-10-32-23-8-7-21(31)14-22(19)23/h7-10,13-14,16,18H,5-6,11-12,15,17H2,1-4H3,(H,33,40). The molecule has 4 heterocycles. The number of nitrogens with zero attached hydrogens (tertiary/aromatic N) is 7. The topological polar surface area (TPSA) is 112 Å². The molecule has 1 aliphatic carbocycles. The van der Waals surface area contributed by atoms with Crippen molar-refractivity contribution in [3.8, 4) is 11.4 Å². The van der Waals surface area contributed by atoms with Crippen molar-refractivity contribution >= 4 is 39.4 Å². The first-order valence-electron chi connectivity index (χ1n) is 14.0. The van der Waals surface area contributed by atoms with E-state index in [1.165, 1.54) is 7.05 Å². The fraction of sp³-hybridized carbons (Fsp3) is 0.367. The van der Waals surface area contributed by atoms with E-state index in [9.17, 15) is 14.4 Å². The highest BCUT2D eigenvalue weighted by Crippen LogP contribution is 2.33. The highest BCUT2D eigenvalue weighted by atomic mass is 35.5. The van der Waals surface area contributed by atoms with Crippen LogP contribution in [0, 0.1) is 5.92 Å². The van der Waals surface area contributed by atoms with Crippen LogP contribution >= 0.6 is 11.6 Å². The average Bonchev–Trinajstić information content (AvgIpc) is 3.59. The molecule has 1 N–H and O–H groups in total. The number of hydrogen-bond donors (Lipinski definition) is 1. The molecule has 1 fully saturated rings. The normalized spacial score (nSPS) is 13.5. The van der Waals surface area contributed by atoms with Crippen LogP contribution < -0.4 is 16.6 Å². The largest absolute Gasteiger partial charge is 0.351 e. The van der Waals surface area contributed by atoms with Gasteiger partial charge in [0.1, 0.15) is 11.1 Å². The summed E-state index contributed by atoms with van der Waals surface area (Å²) in [5.41, 5.74) is 2.87. The Labute approximate surface area is 246 Å². The van der Waals surface area contributed by atoms with E-state index in [4.69, 9.17) is 16.7 Å². The summed E-state index contributed by atoms with van der Waals surface area (Å²) in [6.45, 7) is 2.00. The molecular weight excluding hydrogens is 556 g/mol. The van der Waals surface area contributed by atoms with E-state index in [1.807, 2.05) is 48.8 Å². The Bertz CT molecular complexity index is 1960. The molecule has 218 valence electrons. The third-order valence-electron chi connectivity index (χ3n) is 7.83. The summed E-state index contributed by atoms with van der Waals surface area (Å²) in [5, 5.41) is 9.66. The number of aryl methyl sites for hydroxylation is 1. The maximum absolute atomic E-state index is 13.8. The van der Waals surface area contributed by atoms with Crippen LogP contribution in [-0.2, 0) is 27.2 Å². The molecule has 42 heavy (non-hydrogen) atoms. The van der Waals surface area contributed by atoms with Gasteiger partial charge in [-0.3, -0.25) is 28.4 Å². The summed E-state index contributed by atoms with van der Waals surface area (Å²) >= 11 is 6.35. The molecule has 0 saturated heterocycles. The van der Waals surface area contributed by atoms with E-state index in [-0.39, 0.29) is 11.6 Å². The van der Waals surface area contributed by atoms with Gasteiger partial charge < -0.3 is 14.8 Å². The van der Waals surface area contributed by atoms with E-state index in [0.717, 1.165) is 33.9 Å². The number of likely N-dealkylation sites (N-methyl/N-ethyl adjacent to an activating group) is 1. The Morgan fingerprint density at radius 3 is 2.67 bits per heavy atom. The number of nitrogens with one attached hydrogen (secondary N) is 1. The predicted octanol–water partition coefficient (Wildman–Crippen LogP) is 2.85. The van der Waals surface area contributed by atoms with Gasteiger partial charge in [0, 0.05) is 56.5 Å². The molecular formula is C30H33ClN8O3. The van der Waals surface area contributed by atoms with Crippen LogP contribution in [0.2, 0.25) is 5.02 Å². The number of carbonyl (C=O) groups is 1. The molecule has 0 atom stereocenters. The summed E-state index contributed by atoms with van der Waals surface area (Å²) in [4.78, 5) is 46.5. The van der Waals surface area contributed by atoms with Crippen LogP contribution in [0.15, 0.2) is 52.3 Å². The number of benzene rings is 1. The molecule has 0 spiro atoms. The second-order valence-electron chi connectivity index (χ2n) is 11.3. The number of amides is 1. The zero-order chi connectivity index (χ0) is 29.7. The molecule has 1 aliphatic rings. The van der Waals surface area contributed by atoms with Gasteiger partial charge in [0.05, 0.1) is 23.3 Å². The highest BCUT2D eigenvalue weighted by Gasteiger charge is 2.29. The maximum atomic E-state index is 13.8. The van der Waals surface area contributed by atoms with Crippen molar-refractivity contribution < 1.29 is 4.79 Å². The number of hydrogen-bond acceptors (Lipinski definition) is 6. The lowest BCUT2D eigenvalue weighted by Gasteiger charge is -2.11. The van der Waals surface area contributed by atoms with Gasteiger partial charge in [0.15, 0.2) is 5.65 Å². The van der Waals surface area contributed by atoms with Gasteiger partial charge in [-0.15, -0.1) is 0 Å². The second-order valence-corrected chi connectivity index (χ2v) is 11.8. The second kappa shape index (κ2) is 10.9. The smallest absolute Gasteiger partial charge is 0.332 e. The highest BCUT2D eigenvalue weighted by molar-refractivity contribution is 6.31. The Hall–Kier alpha value is -4.22. The first-order chi connectivity index (χ1) is 20.1. The molecule has 6 rings (SSSR count). The fourth-order valence-electron chi connectivity index (χ4n) is 5.35. The number of halogens is 1. The van der Waals surface area contributed by atoms with E-state index in [2.05, 4.69) is 10.3 Å². The van der Waals surface area contributed by atoms with Crippen LogP contribution in [0.5, 0.6) is 0 Å². The Morgan fingerprint density at radius 2 is 1.93 bits per heavy atom. The molecule has 0 aliphatic heterocycles. The molecule has 1 amide bonds. The summed E-state index contributed by atoms with van der Waals surface area (Å²) < 4.78 is 6.35. The minimum Gasteiger partial charge on any atom is -0.351 e. The first-order valence-corrected chi connectivity index (χ1v) is 14.3.